The van der Waals surface area contributed by atoms with Crippen molar-refractivity contribution in [1.82, 2.24) is 14.9 Å². The van der Waals surface area contributed by atoms with Crippen molar-refractivity contribution in [2.75, 3.05) is 27.3 Å². The number of carbonyl (C=O) groups excluding carboxylic acids is 2. The lowest BCUT2D eigenvalue weighted by Gasteiger charge is -2.43. The zero-order valence-electron chi connectivity index (χ0n) is 22.6. The van der Waals surface area contributed by atoms with E-state index in [9.17, 15) is 9.59 Å². The number of halogens is 1. The predicted octanol–water partition coefficient (Wildman–Crippen LogP) is 3.43. The Balaban J connectivity index is 0.00000353. The van der Waals surface area contributed by atoms with Gasteiger partial charge >= 0.3 is 0 Å². The number of fused-ring (bicyclic) bond motifs is 1. The molecular formula is C29H38ClN5O4. The minimum atomic E-state index is -0.594. The summed E-state index contributed by atoms with van der Waals surface area (Å²) in [6, 6.07) is 8.99. The molecule has 3 atom stereocenters. The third kappa shape index (κ3) is 6.04. The highest BCUT2D eigenvalue weighted by Crippen LogP contribution is 2.40. The molecule has 2 aromatic rings. The normalized spacial score (nSPS) is 22.3. The van der Waals surface area contributed by atoms with Gasteiger partial charge in [-0.15, -0.1) is 12.4 Å². The fourth-order valence-corrected chi connectivity index (χ4v) is 6.12. The predicted molar refractivity (Wildman–Crippen MR) is 151 cm³/mol. The van der Waals surface area contributed by atoms with Gasteiger partial charge in [0.1, 0.15) is 0 Å². The summed E-state index contributed by atoms with van der Waals surface area (Å²) in [4.78, 5) is 32.6. The molecule has 3 heterocycles. The van der Waals surface area contributed by atoms with Crippen LogP contribution in [0.3, 0.4) is 0 Å². The SMILES string of the molecule is COc1ccc(C2=NN(C3CCN(C(=O)[C@@H](N)Cc4ccncc4)CC3)C(=O)[C@@H]3CCCC[C@H]23)cc1OC.Cl. The fourth-order valence-electron chi connectivity index (χ4n) is 6.12. The fraction of sp³-hybridized carbons (Fsp3) is 0.517. The number of nitrogens with zero attached hydrogens (tertiary/aromatic N) is 4. The molecule has 2 amide bonds. The number of piperidine rings is 1. The second kappa shape index (κ2) is 12.8. The van der Waals surface area contributed by atoms with Gasteiger partial charge in [0, 0.05) is 42.9 Å². The largest absolute Gasteiger partial charge is 0.493 e. The molecule has 0 spiro atoms. The molecule has 1 aromatic carbocycles. The molecule has 2 N–H and O–H groups in total. The van der Waals surface area contributed by atoms with Crippen molar-refractivity contribution < 1.29 is 19.1 Å². The standard InChI is InChI=1S/C29H37N5O4.ClH/c1-37-25-8-7-20(18-26(25)38-2)27-22-5-3-4-6-23(22)28(35)34(32-27)21-11-15-33(16-12-21)29(36)24(30)17-19-9-13-31-14-10-19;/h7-10,13-14,18,21-24H,3-6,11-12,15-17,30H2,1-2H3;1H/t22-,23+,24-;/m0./s1. The number of ether oxygens (including phenoxy) is 2. The number of hydrogen-bond donors (Lipinski definition) is 1. The molecular weight excluding hydrogens is 518 g/mol. The number of carbonyl (C=O) groups is 2. The molecule has 1 saturated heterocycles. The van der Waals surface area contributed by atoms with Gasteiger partial charge in [0.15, 0.2) is 11.5 Å². The molecule has 5 rings (SSSR count). The van der Waals surface area contributed by atoms with Crippen molar-refractivity contribution in [3.05, 3.63) is 53.9 Å². The summed E-state index contributed by atoms with van der Waals surface area (Å²) in [6.07, 6.45) is 9.26. The first-order valence-electron chi connectivity index (χ1n) is 13.6. The van der Waals surface area contributed by atoms with Crippen LogP contribution in [0.1, 0.15) is 49.7 Å². The molecule has 1 aromatic heterocycles. The molecule has 0 bridgehead atoms. The van der Waals surface area contributed by atoms with Crippen LogP contribution in [0.4, 0.5) is 0 Å². The van der Waals surface area contributed by atoms with Crippen molar-refractivity contribution in [3.8, 4) is 11.5 Å². The van der Waals surface area contributed by atoms with Gasteiger partial charge < -0.3 is 20.1 Å². The zero-order valence-corrected chi connectivity index (χ0v) is 23.4. The maximum absolute atomic E-state index is 13.7. The van der Waals surface area contributed by atoms with E-state index in [0.29, 0.717) is 43.9 Å². The van der Waals surface area contributed by atoms with Crippen LogP contribution in [0.15, 0.2) is 47.8 Å². The maximum Gasteiger partial charge on any atom is 0.246 e. The summed E-state index contributed by atoms with van der Waals surface area (Å²) in [7, 11) is 3.25. The van der Waals surface area contributed by atoms with E-state index < -0.39 is 6.04 Å². The lowest BCUT2D eigenvalue weighted by atomic mass is 9.73. The quantitative estimate of drug-likeness (QED) is 0.560. The average Bonchev–Trinajstić information content (AvgIpc) is 2.97. The Labute approximate surface area is 236 Å². The Morgan fingerprint density at radius 1 is 1.00 bits per heavy atom. The summed E-state index contributed by atoms with van der Waals surface area (Å²) in [6.45, 7) is 1.12. The molecule has 1 saturated carbocycles. The number of amides is 2. The van der Waals surface area contributed by atoms with Crippen LogP contribution in [0.2, 0.25) is 0 Å². The number of aromatic nitrogens is 1. The van der Waals surface area contributed by atoms with E-state index in [4.69, 9.17) is 20.3 Å². The highest BCUT2D eigenvalue weighted by atomic mass is 35.5. The van der Waals surface area contributed by atoms with Gasteiger partial charge in [-0.3, -0.25) is 14.6 Å². The molecule has 2 aliphatic heterocycles. The molecule has 9 nitrogen and oxygen atoms in total. The van der Waals surface area contributed by atoms with Gasteiger partial charge in [-0.25, -0.2) is 5.01 Å². The smallest absolute Gasteiger partial charge is 0.246 e. The molecule has 10 heteroatoms. The number of nitrogens with two attached hydrogens (primary N) is 1. The van der Waals surface area contributed by atoms with Crippen molar-refractivity contribution in [2.45, 2.75) is 57.0 Å². The average molecular weight is 556 g/mol. The Hall–Kier alpha value is -3.17. The van der Waals surface area contributed by atoms with Gasteiger partial charge in [0.2, 0.25) is 11.8 Å². The Morgan fingerprint density at radius 2 is 1.67 bits per heavy atom. The summed E-state index contributed by atoms with van der Waals surface area (Å²) < 4.78 is 11.0. The topological polar surface area (TPSA) is 110 Å². The van der Waals surface area contributed by atoms with E-state index >= 15 is 0 Å². The van der Waals surface area contributed by atoms with Crippen molar-refractivity contribution >= 4 is 29.9 Å². The van der Waals surface area contributed by atoms with E-state index in [0.717, 1.165) is 42.5 Å². The van der Waals surface area contributed by atoms with Gasteiger partial charge in [-0.05, 0) is 68.0 Å². The number of hydrazone groups is 1. The maximum atomic E-state index is 13.7. The second-order valence-corrected chi connectivity index (χ2v) is 10.5. The molecule has 2 fully saturated rings. The molecule has 3 aliphatic rings. The lowest BCUT2D eigenvalue weighted by Crippen LogP contribution is -2.54. The van der Waals surface area contributed by atoms with Crippen molar-refractivity contribution in [1.29, 1.82) is 0 Å². The van der Waals surface area contributed by atoms with E-state index in [-0.39, 0.29) is 42.1 Å². The van der Waals surface area contributed by atoms with Crippen LogP contribution in [0, 0.1) is 11.8 Å². The van der Waals surface area contributed by atoms with Crippen molar-refractivity contribution in [3.63, 3.8) is 0 Å². The molecule has 0 unspecified atom stereocenters. The number of likely N-dealkylation sites (tertiary alicyclic amines) is 1. The van der Waals surface area contributed by atoms with E-state index in [1.54, 1.807) is 31.6 Å². The van der Waals surface area contributed by atoms with Crippen molar-refractivity contribution in [2.24, 2.45) is 22.7 Å². The Morgan fingerprint density at radius 3 is 2.33 bits per heavy atom. The molecule has 210 valence electrons. The highest BCUT2D eigenvalue weighted by Gasteiger charge is 2.44. The number of hydrogen-bond acceptors (Lipinski definition) is 7. The first-order chi connectivity index (χ1) is 18.5. The van der Waals surface area contributed by atoms with E-state index in [2.05, 4.69) is 4.98 Å². The van der Waals surface area contributed by atoms with Crippen LogP contribution in [0.25, 0.3) is 0 Å². The number of methoxy groups -OCH3 is 2. The summed E-state index contributed by atoms with van der Waals surface area (Å²) in [5.41, 5.74) is 9.17. The van der Waals surface area contributed by atoms with Gasteiger partial charge in [-0.2, -0.15) is 5.10 Å². The molecule has 1 aliphatic carbocycles. The highest BCUT2D eigenvalue weighted by molar-refractivity contribution is 6.07. The van der Waals surface area contributed by atoms with Gasteiger partial charge in [0.25, 0.3) is 0 Å². The second-order valence-electron chi connectivity index (χ2n) is 10.5. The Kier molecular flexibility index (Phi) is 9.45. The Bertz CT molecular complexity index is 1190. The van der Waals surface area contributed by atoms with Crippen LogP contribution < -0.4 is 15.2 Å². The first-order valence-corrected chi connectivity index (χ1v) is 13.6. The minimum Gasteiger partial charge on any atom is -0.493 e. The number of benzene rings is 1. The minimum absolute atomic E-state index is 0. The number of rotatable bonds is 7. The van der Waals surface area contributed by atoms with Crippen LogP contribution in [0.5, 0.6) is 11.5 Å². The third-order valence-electron chi connectivity index (χ3n) is 8.20. The third-order valence-corrected chi connectivity index (χ3v) is 8.20. The monoisotopic (exact) mass is 555 g/mol. The van der Waals surface area contributed by atoms with Crippen LogP contribution in [-0.2, 0) is 16.0 Å². The summed E-state index contributed by atoms with van der Waals surface area (Å²) in [5, 5.41) is 6.74. The molecule has 39 heavy (non-hydrogen) atoms. The van der Waals surface area contributed by atoms with Crippen LogP contribution >= 0.6 is 12.4 Å². The van der Waals surface area contributed by atoms with Gasteiger partial charge in [0.05, 0.1) is 32.0 Å². The van der Waals surface area contributed by atoms with Gasteiger partial charge in [-0.1, -0.05) is 12.8 Å². The lowest BCUT2D eigenvalue weighted by molar-refractivity contribution is -0.143. The first kappa shape index (κ1) is 28.8. The molecule has 0 radical (unpaired) electrons. The van der Waals surface area contributed by atoms with Crippen LogP contribution in [-0.4, -0.2) is 71.8 Å². The summed E-state index contributed by atoms with van der Waals surface area (Å²) >= 11 is 0. The van der Waals surface area contributed by atoms with E-state index in [1.807, 2.05) is 35.2 Å². The number of pyridine rings is 1. The van der Waals surface area contributed by atoms with E-state index in [1.165, 1.54) is 0 Å². The summed E-state index contributed by atoms with van der Waals surface area (Å²) in [5.74, 6) is 1.44. The zero-order chi connectivity index (χ0) is 26.6.